The number of unbranched alkanes of at least 4 members (excludes halogenated alkanes) is 56. The highest BCUT2D eigenvalue weighted by molar-refractivity contribution is 7.47. The minimum absolute atomic E-state index is 0.108. The van der Waals surface area contributed by atoms with Crippen molar-refractivity contribution in [2.45, 2.75) is 457 Å². The van der Waals surface area contributed by atoms with E-state index in [9.17, 15) is 43.2 Å². The lowest BCUT2D eigenvalue weighted by molar-refractivity contribution is -0.161. The summed E-state index contributed by atoms with van der Waals surface area (Å²) in [4.78, 5) is 72.9. The van der Waals surface area contributed by atoms with Crippen LogP contribution in [0.2, 0.25) is 0 Å². The molecule has 0 spiro atoms. The molecule has 19 heteroatoms. The molecule has 0 saturated heterocycles. The molecule has 0 radical (unpaired) electrons. The normalized spacial score (nSPS) is 13.8. The highest BCUT2D eigenvalue weighted by atomic mass is 31.2. The monoisotopic (exact) mass is 1470 g/mol. The summed E-state index contributed by atoms with van der Waals surface area (Å²) < 4.78 is 68.6. The van der Waals surface area contributed by atoms with Crippen LogP contribution in [0.15, 0.2) is 0 Å². The Morgan fingerprint density at radius 1 is 0.240 bits per heavy atom. The first-order chi connectivity index (χ1) is 48.7. The first-order valence-corrected chi connectivity index (χ1v) is 45.3. The van der Waals surface area contributed by atoms with Crippen LogP contribution < -0.4 is 0 Å². The van der Waals surface area contributed by atoms with E-state index >= 15 is 0 Å². The van der Waals surface area contributed by atoms with Gasteiger partial charge in [0.25, 0.3) is 0 Å². The number of aliphatic hydroxyl groups is 1. The summed E-state index contributed by atoms with van der Waals surface area (Å²) in [6.07, 6.45) is 68.1. The molecule has 0 heterocycles. The maximum Gasteiger partial charge on any atom is 0.472 e. The summed E-state index contributed by atoms with van der Waals surface area (Å²) in [5.74, 6) is -2.11. The van der Waals surface area contributed by atoms with E-state index in [2.05, 4.69) is 27.7 Å². The van der Waals surface area contributed by atoms with E-state index in [0.29, 0.717) is 25.7 Å². The number of hydrogen-bond donors (Lipinski definition) is 3. The predicted octanol–water partition coefficient (Wildman–Crippen LogP) is 24.6. The van der Waals surface area contributed by atoms with Crippen LogP contribution in [0.1, 0.15) is 439 Å². The smallest absolute Gasteiger partial charge is 0.462 e. The van der Waals surface area contributed by atoms with Gasteiger partial charge in [0.2, 0.25) is 0 Å². The van der Waals surface area contributed by atoms with Gasteiger partial charge in [0, 0.05) is 25.7 Å². The fourth-order valence-corrected chi connectivity index (χ4v) is 14.2. The molecule has 100 heavy (non-hydrogen) atoms. The van der Waals surface area contributed by atoms with Gasteiger partial charge < -0.3 is 33.8 Å². The first-order valence-electron chi connectivity index (χ1n) is 42.3. The second-order valence-corrected chi connectivity index (χ2v) is 32.1. The fourth-order valence-electron chi connectivity index (χ4n) is 12.6. The van der Waals surface area contributed by atoms with Crippen molar-refractivity contribution in [2.24, 2.45) is 0 Å². The lowest BCUT2D eigenvalue weighted by Crippen LogP contribution is -2.30. The topological polar surface area (TPSA) is 237 Å². The molecule has 0 rings (SSSR count). The molecule has 3 N–H and O–H groups in total. The van der Waals surface area contributed by atoms with Crippen LogP contribution in [0.3, 0.4) is 0 Å². The molecule has 0 fully saturated rings. The molecule has 0 amide bonds. The van der Waals surface area contributed by atoms with Gasteiger partial charge >= 0.3 is 39.5 Å². The third-order valence-corrected chi connectivity index (χ3v) is 21.0. The molecule has 0 aliphatic carbocycles. The molecule has 17 nitrogen and oxygen atoms in total. The molecule has 0 aromatic rings. The third-order valence-electron chi connectivity index (χ3n) is 19.1. The fraction of sp³-hybridized carbons (Fsp3) is 0.951. The number of carbonyl (C=O) groups is 4. The lowest BCUT2D eigenvalue weighted by Gasteiger charge is -2.21. The van der Waals surface area contributed by atoms with E-state index in [1.807, 2.05) is 0 Å². The molecule has 0 bridgehead atoms. The summed E-state index contributed by atoms with van der Waals surface area (Å²) in [6.45, 7) is 5.00. The van der Waals surface area contributed by atoms with Gasteiger partial charge in [-0.15, -0.1) is 0 Å². The lowest BCUT2D eigenvalue weighted by atomic mass is 10.0. The van der Waals surface area contributed by atoms with Gasteiger partial charge in [-0.1, -0.05) is 387 Å². The van der Waals surface area contributed by atoms with E-state index in [1.165, 1.54) is 270 Å². The van der Waals surface area contributed by atoms with E-state index in [1.54, 1.807) is 0 Å². The van der Waals surface area contributed by atoms with Crippen molar-refractivity contribution in [1.82, 2.24) is 0 Å². The van der Waals surface area contributed by atoms with Crippen LogP contribution in [0.25, 0.3) is 0 Å². The van der Waals surface area contributed by atoms with Gasteiger partial charge in [0.15, 0.2) is 12.2 Å². The van der Waals surface area contributed by atoms with Crippen LogP contribution in [-0.2, 0) is 65.4 Å². The van der Waals surface area contributed by atoms with Crippen molar-refractivity contribution < 1.29 is 80.2 Å². The summed E-state index contributed by atoms with van der Waals surface area (Å²) in [6, 6.07) is 0. The van der Waals surface area contributed by atoms with E-state index in [0.717, 1.165) is 89.9 Å². The Bertz CT molecular complexity index is 1890. The standard InChI is InChI=1S/C81H158O17P2/c1-5-9-13-17-21-25-28-31-33-35-37-39-41-43-45-48-52-56-60-64-68-81(86)98-77(72-92-79(84)66-62-58-54-50-47-44-42-40-38-36-34-32-29-26-22-18-14-10-6-2)74-96-100(89,90)94-70-75(82)69-93-99(87,88)95-73-76(71-91-78(83)65-61-57-53-49-24-20-16-12-8-4)97-80(85)67-63-59-55-51-46-30-27-23-19-15-11-7-3/h75-77,82H,5-74H2,1-4H3,(H,87,88)(H,89,90)/t75-,76+,77+/m0/s1. The van der Waals surface area contributed by atoms with Crippen LogP contribution in [0, 0.1) is 0 Å². The second-order valence-electron chi connectivity index (χ2n) is 29.2. The van der Waals surface area contributed by atoms with Crippen molar-refractivity contribution in [2.75, 3.05) is 39.6 Å². The Morgan fingerprint density at radius 3 is 0.590 bits per heavy atom. The minimum atomic E-state index is -4.96. The molecular formula is C81H158O17P2. The molecular weight excluding hydrogens is 1310 g/mol. The second kappa shape index (κ2) is 75.3. The molecule has 0 saturated carbocycles. The average Bonchev–Trinajstić information content (AvgIpc) is 0.935. The van der Waals surface area contributed by atoms with Crippen molar-refractivity contribution >= 4 is 39.5 Å². The molecule has 2 unspecified atom stereocenters. The summed E-state index contributed by atoms with van der Waals surface area (Å²) in [5.41, 5.74) is 0. The van der Waals surface area contributed by atoms with Crippen molar-refractivity contribution in [3.63, 3.8) is 0 Å². The highest BCUT2D eigenvalue weighted by Crippen LogP contribution is 2.45. The number of aliphatic hydroxyl groups excluding tert-OH is 1. The largest absolute Gasteiger partial charge is 0.472 e. The number of hydrogen-bond acceptors (Lipinski definition) is 15. The van der Waals surface area contributed by atoms with Crippen LogP contribution in [-0.4, -0.2) is 96.7 Å². The van der Waals surface area contributed by atoms with Crippen LogP contribution in [0.5, 0.6) is 0 Å². The van der Waals surface area contributed by atoms with Gasteiger partial charge in [-0.05, 0) is 25.7 Å². The first kappa shape index (κ1) is 98.1. The van der Waals surface area contributed by atoms with Crippen molar-refractivity contribution in [3.05, 3.63) is 0 Å². The summed E-state index contributed by atoms with van der Waals surface area (Å²) in [5, 5.41) is 10.6. The maximum atomic E-state index is 13.1. The van der Waals surface area contributed by atoms with E-state index < -0.39 is 97.5 Å². The number of phosphoric acid groups is 2. The molecule has 0 aliphatic heterocycles. The Kier molecular flexibility index (Phi) is 73.8. The van der Waals surface area contributed by atoms with Crippen molar-refractivity contribution in [3.8, 4) is 0 Å². The maximum absolute atomic E-state index is 13.1. The number of esters is 4. The SMILES string of the molecule is CCCCCCCCCCCCCCCCCCCCCCC(=O)O[C@H](COC(=O)CCCCCCCCCCCCCCCCCCCCC)COP(=O)(O)OC[C@@H](O)COP(=O)(O)OC[C@@H](COC(=O)CCCCCCCCCCC)OC(=O)CCCCCCCCCCCCCC. The Morgan fingerprint density at radius 2 is 0.400 bits per heavy atom. The van der Waals surface area contributed by atoms with E-state index in [-0.39, 0.29) is 25.7 Å². The summed E-state index contributed by atoms with van der Waals surface area (Å²) in [7, 11) is -9.91. The Hall–Kier alpha value is -1.94. The minimum Gasteiger partial charge on any atom is -0.462 e. The zero-order valence-electron chi connectivity index (χ0n) is 65.2. The number of carbonyl (C=O) groups excluding carboxylic acids is 4. The highest BCUT2D eigenvalue weighted by Gasteiger charge is 2.30. The number of phosphoric ester groups is 2. The molecule has 0 aliphatic rings. The van der Waals surface area contributed by atoms with Gasteiger partial charge in [0.1, 0.15) is 19.3 Å². The Labute approximate surface area is 613 Å². The Balaban J connectivity index is 5.19. The zero-order chi connectivity index (χ0) is 73.2. The van der Waals surface area contributed by atoms with E-state index in [4.69, 9.17) is 37.0 Å². The van der Waals surface area contributed by atoms with Gasteiger partial charge in [-0.25, -0.2) is 9.13 Å². The average molecular weight is 1470 g/mol. The number of ether oxygens (including phenoxy) is 4. The number of rotatable bonds is 82. The zero-order valence-corrected chi connectivity index (χ0v) is 67.0. The molecule has 5 atom stereocenters. The predicted molar refractivity (Wildman–Crippen MR) is 409 cm³/mol. The quantitative estimate of drug-likeness (QED) is 0.0222. The van der Waals surface area contributed by atoms with Crippen LogP contribution >= 0.6 is 15.6 Å². The third kappa shape index (κ3) is 74.3. The van der Waals surface area contributed by atoms with Gasteiger partial charge in [-0.2, -0.15) is 0 Å². The molecule has 594 valence electrons. The van der Waals surface area contributed by atoms with Gasteiger partial charge in [0.05, 0.1) is 26.4 Å². The van der Waals surface area contributed by atoms with Crippen LogP contribution in [0.4, 0.5) is 0 Å². The summed E-state index contributed by atoms with van der Waals surface area (Å²) >= 11 is 0. The van der Waals surface area contributed by atoms with Gasteiger partial charge in [-0.3, -0.25) is 37.3 Å². The molecule has 0 aromatic heterocycles. The molecule has 0 aromatic carbocycles. The van der Waals surface area contributed by atoms with Crippen molar-refractivity contribution in [1.29, 1.82) is 0 Å².